The van der Waals surface area contributed by atoms with E-state index in [1.807, 2.05) is 56.3 Å². The van der Waals surface area contributed by atoms with E-state index in [0.717, 1.165) is 16.7 Å². The zero-order valence-corrected chi connectivity index (χ0v) is 24.3. The maximum absolute atomic E-state index is 14.1. The minimum atomic E-state index is -0.809. The number of amides is 1. The maximum atomic E-state index is 14.1. The molecule has 2 heterocycles. The van der Waals surface area contributed by atoms with Crippen molar-refractivity contribution < 1.29 is 23.4 Å². The van der Waals surface area contributed by atoms with Gasteiger partial charge in [0.1, 0.15) is 17.9 Å². The Labute approximate surface area is 247 Å². The molecule has 1 unspecified atom stereocenters. The molecule has 6 rings (SSSR count). The van der Waals surface area contributed by atoms with Crippen molar-refractivity contribution in [3.05, 3.63) is 128 Å². The molecule has 1 atom stereocenters. The number of methoxy groups -OCH3 is 2. The van der Waals surface area contributed by atoms with Gasteiger partial charge in [-0.3, -0.25) is 14.5 Å². The topological polar surface area (TPSA) is 78.2 Å². The van der Waals surface area contributed by atoms with Gasteiger partial charge in [-0.1, -0.05) is 48.0 Å². The average Bonchev–Trinajstić information content (AvgIpc) is 3.29. The summed E-state index contributed by atoms with van der Waals surface area (Å²) in [6.07, 6.45) is 0. The molecule has 8 heteroatoms. The van der Waals surface area contributed by atoms with Gasteiger partial charge < -0.3 is 18.6 Å². The fourth-order valence-electron chi connectivity index (χ4n) is 5.32. The first-order valence-corrected chi connectivity index (χ1v) is 13.8. The lowest BCUT2D eigenvalue weighted by Gasteiger charge is -2.26. The molecule has 1 amide bonds. The number of ether oxygens (including phenoxy) is 3. The lowest BCUT2D eigenvalue weighted by molar-refractivity contribution is 0.0971. The highest BCUT2D eigenvalue weighted by Gasteiger charge is 2.44. The summed E-state index contributed by atoms with van der Waals surface area (Å²) in [5, 5.41) is 0.745. The number of benzene rings is 4. The quantitative estimate of drug-likeness (QED) is 0.199. The lowest BCUT2D eigenvalue weighted by atomic mass is 9.97. The Kier molecular flexibility index (Phi) is 7.12. The number of carbonyl (C=O) groups is 1. The van der Waals surface area contributed by atoms with E-state index in [4.69, 9.17) is 30.2 Å². The van der Waals surface area contributed by atoms with Crippen LogP contribution < -0.4 is 24.5 Å². The van der Waals surface area contributed by atoms with Gasteiger partial charge in [0.15, 0.2) is 16.9 Å². The second kappa shape index (κ2) is 10.9. The smallest absolute Gasteiger partial charge is 0.295 e. The first-order valence-electron chi connectivity index (χ1n) is 13.4. The minimum absolute atomic E-state index is 0.00364. The molecule has 0 saturated carbocycles. The molecule has 0 bridgehead atoms. The van der Waals surface area contributed by atoms with Gasteiger partial charge in [-0.25, -0.2) is 0 Å². The molecule has 0 fully saturated rings. The van der Waals surface area contributed by atoms with Crippen molar-refractivity contribution in [1.82, 2.24) is 0 Å². The lowest BCUT2D eigenvalue weighted by Crippen LogP contribution is -2.29. The third-order valence-corrected chi connectivity index (χ3v) is 7.94. The molecular weight excluding hydrogens is 554 g/mol. The summed E-state index contributed by atoms with van der Waals surface area (Å²) in [5.74, 6) is 1.01. The molecule has 0 radical (unpaired) electrons. The number of rotatable bonds is 7. The molecule has 4 aromatic carbocycles. The zero-order valence-electron chi connectivity index (χ0n) is 23.6. The van der Waals surface area contributed by atoms with Crippen LogP contribution in [0, 0.1) is 13.8 Å². The van der Waals surface area contributed by atoms with Crippen LogP contribution >= 0.6 is 11.6 Å². The Morgan fingerprint density at radius 3 is 2.26 bits per heavy atom. The molecular formula is C34H28ClNO6. The van der Waals surface area contributed by atoms with Crippen molar-refractivity contribution in [2.45, 2.75) is 26.5 Å². The number of hydrogen-bond acceptors (Lipinski definition) is 6. The summed E-state index contributed by atoms with van der Waals surface area (Å²) in [7, 11) is 3.07. The second-order valence-corrected chi connectivity index (χ2v) is 10.6. The van der Waals surface area contributed by atoms with E-state index in [1.165, 1.54) is 12.0 Å². The molecule has 0 N–H and O–H groups in total. The number of anilines is 1. The van der Waals surface area contributed by atoms with Gasteiger partial charge in [0.25, 0.3) is 5.91 Å². The molecule has 1 aliphatic heterocycles. The van der Waals surface area contributed by atoms with E-state index in [9.17, 15) is 9.59 Å². The van der Waals surface area contributed by atoms with Crippen LogP contribution in [0.4, 0.5) is 5.69 Å². The Bertz CT molecular complexity index is 1900. The fourth-order valence-corrected chi connectivity index (χ4v) is 5.58. The van der Waals surface area contributed by atoms with Gasteiger partial charge in [-0.2, -0.15) is 0 Å². The highest BCUT2D eigenvalue weighted by molar-refractivity contribution is 6.32. The third kappa shape index (κ3) is 4.65. The van der Waals surface area contributed by atoms with Crippen LogP contribution in [0.1, 0.15) is 44.4 Å². The molecule has 0 saturated heterocycles. The zero-order chi connectivity index (χ0) is 29.5. The van der Waals surface area contributed by atoms with Crippen LogP contribution in [-0.2, 0) is 6.61 Å². The highest BCUT2D eigenvalue weighted by atomic mass is 35.5. The molecule has 1 aliphatic rings. The first kappa shape index (κ1) is 27.4. The fraction of sp³-hybridized carbons (Fsp3) is 0.176. The van der Waals surface area contributed by atoms with E-state index in [2.05, 4.69) is 0 Å². The monoisotopic (exact) mass is 581 g/mol. The number of hydrogen-bond donors (Lipinski definition) is 0. The van der Waals surface area contributed by atoms with Gasteiger partial charge in [0.2, 0.25) is 5.76 Å². The minimum Gasteiger partial charge on any atom is -0.495 e. The number of carbonyl (C=O) groups excluding carboxylic acids is 1. The highest BCUT2D eigenvalue weighted by Crippen LogP contribution is 2.44. The predicted molar refractivity (Wildman–Crippen MR) is 162 cm³/mol. The number of aryl methyl sites for hydroxylation is 2. The van der Waals surface area contributed by atoms with Gasteiger partial charge >= 0.3 is 0 Å². The van der Waals surface area contributed by atoms with Crippen molar-refractivity contribution in [2.75, 3.05) is 19.1 Å². The normalized spacial score (nSPS) is 14.3. The summed E-state index contributed by atoms with van der Waals surface area (Å²) in [4.78, 5) is 29.7. The van der Waals surface area contributed by atoms with Gasteiger partial charge in [0, 0.05) is 5.69 Å². The predicted octanol–water partition coefficient (Wildman–Crippen LogP) is 7.41. The second-order valence-electron chi connectivity index (χ2n) is 10.2. The SMILES string of the molecule is COc1ccc(N2C(=O)c3oc4cc(C)c(C)cc4c(=O)c3C2c2ccc(OCc3ccccc3)c(OC)c2)cc1Cl. The van der Waals surface area contributed by atoms with E-state index < -0.39 is 11.9 Å². The largest absolute Gasteiger partial charge is 0.495 e. The molecule has 42 heavy (non-hydrogen) atoms. The van der Waals surface area contributed by atoms with Crippen molar-refractivity contribution in [3.8, 4) is 17.2 Å². The summed E-state index contributed by atoms with van der Waals surface area (Å²) in [6, 6.07) is 23.1. The van der Waals surface area contributed by atoms with Crippen LogP contribution in [0.2, 0.25) is 5.02 Å². The molecule has 1 aromatic heterocycles. The van der Waals surface area contributed by atoms with Crippen molar-refractivity contribution in [2.24, 2.45) is 0 Å². The van der Waals surface area contributed by atoms with Crippen LogP contribution in [0.25, 0.3) is 11.0 Å². The molecule has 5 aromatic rings. The van der Waals surface area contributed by atoms with E-state index in [-0.39, 0.29) is 16.8 Å². The Hall–Kier alpha value is -4.75. The third-order valence-electron chi connectivity index (χ3n) is 7.64. The number of nitrogens with zero attached hydrogens (tertiary/aromatic N) is 1. The Morgan fingerprint density at radius 2 is 1.55 bits per heavy atom. The summed E-state index contributed by atoms with van der Waals surface area (Å²) >= 11 is 6.48. The standard InChI is InChI=1S/C34H28ClNO6/c1-19-14-24-28(15-20(19)2)42-33-30(32(24)37)31(36(34(33)38)23-11-13-26(39-3)25(35)17-23)22-10-12-27(29(16-22)40-4)41-18-21-8-6-5-7-9-21/h5-17,31H,18H2,1-4H3. The summed E-state index contributed by atoms with van der Waals surface area (Å²) in [5.41, 5.74) is 4.41. The Balaban J connectivity index is 1.51. The van der Waals surface area contributed by atoms with Crippen molar-refractivity contribution in [3.63, 3.8) is 0 Å². The molecule has 7 nitrogen and oxygen atoms in total. The van der Waals surface area contributed by atoms with E-state index in [0.29, 0.717) is 51.1 Å². The van der Waals surface area contributed by atoms with Gasteiger partial charge in [-0.05, 0) is 78.6 Å². The summed E-state index contributed by atoms with van der Waals surface area (Å²) < 4.78 is 23.3. The van der Waals surface area contributed by atoms with Gasteiger partial charge in [0.05, 0.1) is 36.2 Å². The van der Waals surface area contributed by atoms with Gasteiger partial charge in [-0.15, -0.1) is 0 Å². The van der Waals surface area contributed by atoms with Crippen LogP contribution in [0.5, 0.6) is 17.2 Å². The number of halogens is 1. The molecule has 0 spiro atoms. The summed E-state index contributed by atoms with van der Waals surface area (Å²) in [6.45, 7) is 4.23. The maximum Gasteiger partial charge on any atom is 0.295 e. The van der Waals surface area contributed by atoms with Crippen molar-refractivity contribution in [1.29, 1.82) is 0 Å². The van der Waals surface area contributed by atoms with E-state index >= 15 is 0 Å². The first-order chi connectivity index (χ1) is 20.3. The Morgan fingerprint density at radius 1 is 0.833 bits per heavy atom. The van der Waals surface area contributed by atoms with Crippen LogP contribution in [-0.4, -0.2) is 20.1 Å². The van der Waals surface area contributed by atoms with E-state index in [1.54, 1.807) is 43.5 Å². The van der Waals surface area contributed by atoms with Crippen molar-refractivity contribution >= 4 is 34.2 Å². The molecule has 0 aliphatic carbocycles. The molecule has 212 valence electrons. The number of fused-ring (bicyclic) bond motifs is 2. The van der Waals surface area contributed by atoms with Crippen LogP contribution in [0.15, 0.2) is 88.1 Å². The van der Waals surface area contributed by atoms with Crippen LogP contribution in [0.3, 0.4) is 0 Å². The average molecular weight is 582 g/mol.